The van der Waals surface area contributed by atoms with E-state index in [1.807, 2.05) is 20.1 Å². The summed E-state index contributed by atoms with van der Waals surface area (Å²) in [5, 5.41) is 3.25. The van der Waals surface area contributed by atoms with E-state index >= 15 is 0 Å². The molecule has 0 spiro atoms. The van der Waals surface area contributed by atoms with E-state index in [9.17, 15) is 0 Å². The third kappa shape index (κ3) is 1.61. The van der Waals surface area contributed by atoms with Crippen molar-refractivity contribution in [3.05, 3.63) is 17.8 Å². The molecule has 1 aliphatic heterocycles. The van der Waals surface area contributed by atoms with Crippen LogP contribution in [0.1, 0.15) is 5.56 Å². The highest BCUT2D eigenvalue weighted by atomic mass is 31.1. The van der Waals surface area contributed by atoms with Crippen LogP contribution in [-0.2, 0) is 0 Å². The monoisotopic (exact) mass is 188 g/mol. The molecule has 1 fully saturated rings. The molecule has 1 aromatic heterocycles. The van der Waals surface area contributed by atoms with Gasteiger partial charge in [0, 0.05) is 24.3 Å². The van der Waals surface area contributed by atoms with Crippen molar-refractivity contribution in [2.24, 2.45) is 0 Å². The minimum Gasteiger partial charge on any atom is -0.308 e. The van der Waals surface area contributed by atoms with E-state index < -0.39 is 0 Å². The van der Waals surface area contributed by atoms with E-state index in [0.717, 1.165) is 29.0 Å². The lowest BCUT2D eigenvalue weighted by molar-refractivity contribution is 0.866. The molecule has 1 saturated heterocycles. The van der Waals surface area contributed by atoms with E-state index in [1.54, 1.807) is 0 Å². The van der Waals surface area contributed by atoms with E-state index in [-0.39, 0.29) is 7.92 Å². The van der Waals surface area contributed by atoms with Crippen molar-refractivity contribution in [2.45, 2.75) is 0 Å². The summed E-state index contributed by atoms with van der Waals surface area (Å²) in [4.78, 5) is 4.42. The molecule has 4 heteroatoms. The van der Waals surface area contributed by atoms with Crippen molar-refractivity contribution in [2.75, 3.05) is 12.6 Å². The molecule has 0 saturated carbocycles. The van der Waals surface area contributed by atoms with Crippen molar-refractivity contribution in [3.63, 3.8) is 0 Å². The van der Waals surface area contributed by atoms with Crippen LogP contribution in [0.4, 0.5) is 0 Å². The third-order valence-electron chi connectivity index (χ3n) is 2.06. The van der Waals surface area contributed by atoms with Crippen LogP contribution in [0.3, 0.4) is 0 Å². The van der Waals surface area contributed by atoms with Gasteiger partial charge in [-0.1, -0.05) is 11.4 Å². The van der Waals surface area contributed by atoms with Crippen molar-refractivity contribution in [1.82, 2.24) is 10.3 Å². The van der Waals surface area contributed by atoms with Gasteiger partial charge in [-0.25, -0.2) is 0 Å². The largest absolute Gasteiger partial charge is 0.308 e. The molecule has 0 radical (unpaired) electrons. The maximum Gasteiger partial charge on any atom is 0.141 e. The second-order valence-corrected chi connectivity index (χ2v) is 5.27. The molecule has 0 bridgehead atoms. The summed E-state index contributed by atoms with van der Waals surface area (Å²) < 4.78 is 0. The molecule has 0 unspecified atom stereocenters. The first-order chi connectivity index (χ1) is 6.31. The quantitative estimate of drug-likeness (QED) is 0.345. The van der Waals surface area contributed by atoms with Gasteiger partial charge in [-0.2, -0.15) is 0 Å². The van der Waals surface area contributed by atoms with Crippen LogP contribution in [0.15, 0.2) is 12.3 Å². The fourth-order valence-corrected chi connectivity index (χ4v) is 2.73. The average molecular weight is 188 g/mol. The normalized spacial score (nSPS) is 16.2. The number of pyridine rings is 1. The molecule has 2 heterocycles. The Hall–Kier alpha value is -0.835. The second kappa shape index (κ2) is 3.50. The lowest BCUT2D eigenvalue weighted by Gasteiger charge is -2.27. The predicted molar refractivity (Wildman–Crippen MR) is 59.8 cm³/mol. The molecule has 0 aliphatic carbocycles. The van der Waals surface area contributed by atoms with Crippen LogP contribution < -0.4 is 16.2 Å². The smallest absolute Gasteiger partial charge is 0.141 e. The zero-order valence-corrected chi connectivity index (χ0v) is 8.44. The molecule has 0 atom stereocenters. The van der Waals surface area contributed by atoms with Gasteiger partial charge in [-0.05, 0) is 14.0 Å². The lowest BCUT2D eigenvalue weighted by atomic mass is 9.97. The van der Waals surface area contributed by atoms with Gasteiger partial charge in [0.15, 0.2) is 0 Å². The third-order valence-corrected chi connectivity index (χ3v) is 4.23. The van der Waals surface area contributed by atoms with Crippen LogP contribution in [0.2, 0.25) is 0 Å². The Labute approximate surface area is 80.3 Å². The zero-order valence-electron chi connectivity index (χ0n) is 7.54. The number of hydrogen-bond donors (Lipinski definition) is 1. The van der Waals surface area contributed by atoms with Crippen LogP contribution in [0.5, 0.6) is 0 Å². The maximum atomic E-state index is 5.44. The summed E-state index contributed by atoms with van der Waals surface area (Å²) in [7, 11) is 1.92. The zero-order chi connectivity index (χ0) is 9.26. The lowest BCUT2D eigenvalue weighted by Crippen LogP contribution is -2.35. The Bertz CT molecular complexity index is 368. The standard InChI is InChI=1S/C9H10BN2P/c1-2-7-3-8(10)4-12-9(7)13-5-11-6-13/h1,3-4,11H,5-6,10H2. The van der Waals surface area contributed by atoms with E-state index in [0.29, 0.717) is 0 Å². The Morgan fingerprint density at radius 3 is 2.92 bits per heavy atom. The van der Waals surface area contributed by atoms with Crippen LogP contribution in [-0.4, -0.2) is 25.4 Å². The number of nitrogens with zero attached hydrogens (tertiary/aromatic N) is 1. The molecule has 13 heavy (non-hydrogen) atoms. The van der Waals surface area contributed by atoms with Gasteiger partial charge in [0.1, 0.15) is 7.85 Å². The highest BCUT2D eigenvalue weighted by Crippen LogP contribution is 2.37. The van der Waals surface area contributed by atoms with Gasteiger partial charge in [0.05, 0.1) is 5.44 Å². The van der Waals surface area contributed by atoms with E-state index in [4.69, 9.17) is 6.42 Å². The van der Waals surface area contributed by atoms with Gasteiger partial charge in [0.25, 0.3) is 0 Å². The first-order valence-corrected chi connectivity index (χ1v) is 5.91. The Kier molecular flexibility index (Phi) is 2.35. The Morgan fingerprint density at radius 2 is 2.38 bits per heavy atom. The van der Waals surface area contributed by atoms with Gasteiger partial charge < -0.3 is 5.32 Å². The second-order valence-electron chi connectivity index (χ2n) is 3.13. The van der Waals surface area contributed by atoms with Crippen LogP contribution in [0.25, 0.3) is 0 Å². The first kappa shape index (κ1) is 8.75. The summed E-state index contributed by atoms with van der Waals surface area (Å²) in [6, 6.07) is 2.04. The molecule has 1 N–H and O–H groups in total. The van der Waals surface area contributed by atoms with Gasteiger partial charge in [0.2, 0.25) is 0 Å². The number of aromatic nitrogens is 1. The minimum absolute atomic E-state index is 0.0966. The fraction of sp³-hybridized carbons (Fsp3) is 0.222. The van der Waals surface area contributed by atoms with Crippen LogP contribution in [0, 0.1) is 12.3 Å². The topological polar surface area (TPSA) is 24.9 Å². The van der Waals surface area contributed by atoms with Crippen molar-refractivity contribution in [1.29, 1.82) is 0 Å². The molecule has 2 rings (SSSR count). The van der Waals surface area contributed by atoms with Gasteiger partial charge in [-0.3, -0.25) is 4.98 Å². The Balaban J connectivity index is 2.39. The molecular weight excluding hydrogens is 178 g/mol. The molecular formula is C9H10BN2P. The average Bonchev–Trinajstić information content (AvgIpc) is 2.05. The number of rotatable bonds is 1. The number of nitrogens with one attached hydrogen (secondary N) is 1. The molecule has 0 aromatic carbocycles. The minimum atomic E-state index is -0.0966. The van der Waals surface area contributed by atoms with Crippen molar-refractivity contribution < 1.29 is 0 Å². The molecule has 1 aromatic rings. The highest BCUT2D eigenvalue weighted by Gasteiger charge is 2.21. The summed E-state index contributed by atoms with van der Waals surface area (Å²) in [5.41, 5.74) is 3.26. The number of hydrogen-bond acceptors (Lipinski definition) is 2. The summed E-state index contributed by atoms with van der Waals surface area (Å²) in [6.45, 7) is 0. The summed E-state index contributed by atoms with van der Waals surface area (Å²) >= 11 is 0. The van der Waals surface area contributed by atoms with E-state index in [1.165, 1.54) is 0 Å². The van der Waals surface area contributed by atoms with E-state index in [2.05, 4.69) is 16.2 Å². The summed E-state index contributed by atoms with van der Waals surface area (Å²) in [6.07, 6.45) is 9.47. The van der Waals surface area contributed by atoms with Gasteiger partial charge in [-0.15, -0.1) is 6.42 Å². The maximum absolute atomic E-state index is 5.44. The van der Waals surface area contributed by atoms with Gasteiger partial charge >= 0.3 is 0 Å². The SMILES string of the molecule is Bc1cnc(P2CNC2)c(C#C)c1. The molecule has 0 amide bonds. The molecule has 64 valence electrons. The fourth-order valence-electron chi connectivity index (χ4n) is 1.29. The molecule has 2 nitrogen and oxygen atoms in total. The summed E-state index contributed by atoms with van der Waals surface area (Å²) in [5.74, 6) is 2.71. The Morgan fingerprint density at radius 1 is 1.62 bits per heavy atom. The first-order valence-electron chi connectivity index (χ1n) is 4.20. The van der Waals surface area contributed by atoms with Crippen molar-refractivity contribution >= 4 is 26.7 Å². The van der Waals surface area contributed by atoms with Crippen molar-refractivity contribution in [3.8, 4) is 12.3 Å². The highest BCUT2D eigenvalue weighted by molar-refractivity contribution is 7.66. The van der Waals surface area contributed by atoms with Crippen LogP contribution >= 0.6 is 7.92 Å². The number of terminal acetylenes is 1. The molecule has 1 aliphatic rings. The predicted octanol–water partition coefficient (Wildman–Crippen LogP) is -1.05.